The van der Waals surface area contributed by atoms with E-state index in [0.29, 0.717) is 0 Å². The summed E-state index contributed by atoms with van der Waals surface area (Å²) in [4.78, 5) is 4.69. The molecule has 0 saturated carbocycles. The number of fused-ring (bicyclic) bond motifs is 1. The lowest BCUT2D eigenvalue weighted by Gasteiger charge is -1.98. The van der Waals surface area contributed by atoms with Crippen LogP contribution >= 0.6 is 22.9 Å². The van der Waals surface area contributed by atoms with Crippen LogP contribution in [-0.4, -0.2) is 4.98 Å². The molecule has 3 rings (SSSR count). The third-order valence-electron chi connectivity index (χ3n) is 2.78. The van der Waals surface area contributed by atoms with Crippen LogP contribution in [-0.2, 0) is 0 Å². The summed E-state index contributed by atoms with van der Waals surface area (Å²) in [6.45, 7) is 2.04. The molecule has 0 unspecified atom stereocenters. The SMILES string of the molecule is Cc1c(Cl)ccc2cc(-c3cccs3)[nH]c12. The molecule has 1 nitrogen and oxygen atoms in total. The number of hydrogen-bond acceptors (Lipinski definition) is 1. The van der Waals surface area contributed by atoms with Gasteiger partial charge < -0.3 is 4.98 Å². The van der Waals surface area contributed by atoms with Crippen LogP contribution in [0.5, 0.6) is 0 Å². The molecule has 2 heterocycles. The summed E-state index contributed by atoms with van der Waals surface area (Å²) in [5.74, 6) is 0. The van der Waals surface area contributed by atoms with Crippen LogP contribution in [0.4, 0.5) is 0 Å². The van der Waals surface area contributed by atoms with E-state index < -0.39 is 0 Å². The summed E-state index contributed by atoms with van der Waals surface area (Å²) in [6.07, 6.45) is 0. The van der Waals surface area contributed by atoms with E-state index in [0.717, 1.165) is 21.8 Å². The Morgan fingerprint density at radius 2 is 2.12 bits per heavy atom. The number of halogens is 1. The Kier molecular flexibility index (Phi) is 2.27. The van der Waals surface area contributed by atoms with Crippen molar-refractivity contribution in [1.82, 2.24) is 4.98 Å². The Labute approximate surface area is 103 Å². The molecule has 0 saturated heterocycles. The van der Waals surface area contributed by atoms with E-state index in [1.54, 1.807) is 11.3 Å². The minimum atomic E-state index is 0.812. The van der Waals surface area contributed by atoms with Crippen molar-refractivity contribution >= 4 is 33.8 Å². The van der Waals surface area contributed by atoms with Gasteiger partial charge in [0.2, 0.25) is 0 Å². The maximum Gasteiger partial charge on any atom is 0.0566 e. The van der Waals surface area contributed by atoms with Gasteiger partial charge in [0.25, 0.3) is 0 Å². The number of aromatic nitrogens is 1. The second kappa shape index (κ2) is 3.65. The van der Waals surface area contributed by atoms with E-state index in [-0.39, 0.29) is 0 Å². The fraction of sp³-hybridized carbons (Fsp3) is 0.0769. The standard InChI is InChI=1S/C13H10ClNS/c1-8-10(14)5-4-9-7-11(15-13(8)9)12-3-2-6-16-12/h2-7,15H,1H3. The van der Waals surface area contributed by atoms with Crippen LogP contribution < -0.4 is 0 Å². The van der Waals surface area contributed by atoms with Crippen molar-refractivity contribution in [3.63, 3.8) is 0 Å². The first-order valence-electron chi connectivity index (χ1n) is 5.07. The van der Waals surface area contributed by atoms with Gasteiger partial charge in [0, 0.05) is 10.4 Å². The lowest BCUT2D eigenvalue weighted by molar-refractivity contribution is 1.42. The van der Waals surface area contributed by atoms with E-state index in [4.69, 9.17) is 11.6 Å². The molecule has 16 heavy (non-hydrogen) atoms. The molecule has 80 valence electrons. The Morgan fingerprint density at radius 3 is 2.88 bits per heavy atom. The number of nitrogens with one attached hydrogen (secondary N) is 1. The van der Waals surface area contributed by atoms with Crippen LogP contribution in [0.3, 0.4) is 0 Å². The molecule has 0 atom stereocenters. The fourth-order valence-corrected chi connectivity index (χ4v) is 2.74. The summed E-state index contributed by atoms with van der Waals surface area (Å²) < 4.78 is 0. The molecule has 1 N–H and O–H groups in total. The molecule has 0 spiro atoms. The van der Waals surface area contributed by atoms with Gasteiger partial charge in [-0.1, -0.05) is 23.7 Å². The Balaban J connectivity index is 2.28. The summed E-state index contributed by atoms with van der Waals surface area (Å²) in [7, 11) is 0. The van der Waals surface area contributed by atoms with Crippen LogP contribution in [0.25, 0.3) is 21.5 Å². The van der Waals surface area contributed by atoms with Gasteiger partial charge in [-0.3, -0.25) is 0 Å². The maximum absolute atomic E-state index is 6.10. The predicted molar refractivity (Wildman–Crippen MR) is 71.4 cm³/mol. The zero-order chi connectivity index (χ0) is 11.1. The van der Waals surface area contributed by atoms with E-state index >= 15 is 0 Å². The molecule has 0 aliphatic carbocycles. The van der Waals surface area contributed by atoms with Gasteiger partial charge >= 0.3 is 0 Å². The van der Waals surface area contributed by atoms with Crippen molar-refractivity contribution in [2.24, 2.45) is 0 Å². The molecule has 1 aromatic carbocycles. The fourth-order valence-electron chi connectivity index (χ4n) is 1.88. The molecule has 0 aliphatic rings. The topological polar surface area (TPSA) is 15.8 Å². The monoisotopic (exact) mass is 247 g/mol. The summed E-state index contributed by atoms with van der Waals surface area (Å²) in [5.41, 5.74) is 3.41. The smallest absolute Gasteiger partial charge is 0.0566 e. The van der Waals surface area contributed by atoms with Crippen molar-refractivity contribution in [1.29, 1.82) is 0 Å². The highest BCUT2D eigenvalue weighted by Crippen LogP contribution is 2.31. The lowest BCUT2D eigenvalue weighted by Crippen LogP contribution is -1.77. The van der Waals surface area contributed by atoms with Gasteiger partial charge in [0.1, 0.15) is 0 Å². The first-order valence-corrected chi connectivity index (χ1v) is 6.33. The maximum atomic E-state index is 6.10. The largest absolute Gasteiger partial charge is 0.354 e. The third-order valence-corrected chi connectivity index (χ3v) is 4.09. The number of benzene rings is 1. The summed E-state index contributed by atoms with van der Waals surface area (Å²) >= 11 is 7.84. The van der Waals surface area contributed by atoms with E-state index in [1.807, 2.05) is 13.0 Å². The molecule has 0 fully saturated rings. The highest BCUT2D eigenvalue weighted by atomic mass is 35.5. The number of thiophene rings is 1. The lowest BCUT2D eigenvalue weighted by atomic mass is 10.2. The van der Waals surface area contributed by atoms with Gasteiger partial charge in [0.05, 0.1) is 16.1 Å². The first kappa shape index (κ1) is 9.94. The summed E-state index contributed by atoms with van der Waals surface area (Å²) in [5, 5.41) is 4.11. The molecule has 3 aromatic rings. The highest BCUT2D eigenvalue weighted by Gasteiger charge is 2.07. The van der Waals surface area contributed by atoms with Gasteiger partial charge in [-0.2, -0.15) is 0 Å². The van der Waals surface area contributed by atoms with Gasteiger partial charge in [0.15, 0.2) is 0 Å². The Morgan fingerprint density at radius 1 is 1.25 bits per heavy atom. The van der Waals surface area contributed by atoms with Gasteiger partial charge in [-0.05, 0) is 36.1 Å². The van der Waals surface area contributed by atoms with Crippen LogP contribution in [0.2, 0.25) is 5.02 Å². The molecule has 3 heteroatoms. The molecule has 0 aliphatic heterocycles. The normalized spacial score (nSPS) is 11.1. The Hall–Kier alpha value is -1.25. The zero-order valence-corrected chi connectivity index (χ0v) is 10.3. The number of aryl methyl sites for hydroxylation is 1. The van der Waals surface area contributed by atoms with E-state index in [9.17, 15) is 0 Å². The molecular weight excluding hydrogens is 238 g/mol. The van der Waals surface area contributed by atoms with Crippen molar-refractivity contribution in [3.8, 4) is 10.6 Å². The van der Waals surface area contributed by atoms with Crippen molar-refractivity contribution in [2.75, 3.05) is 0 Å². The minimum absolute atomic E-state index is 0.812. The van der Waals surface area contributed by atoms with Crippen molar-refractivity contribution in [3.05, 3.63) is 46.3 Å². The molecule has 2 aromatic heterocycles. The van der Waals surface area contributed by atoms with Gasteiger partial charge in [-0.25, -0.2) is 0 Å². The second-order valence-corrected chi connectivity index (χ2v) is 5.15. The molecule has 0 amide bonds. The van der Waals surface area contributed by atoms with Crippen LogP contribution in [0.15, 0.2) is 35.7 Å². The molecule has 0 bridgehead atoms. The predicted octanol–water partition coefficient (Wildman–Crippen LogP) is 4.86. The minimum Gasteiger partial charge on any atom is -0.354 e. The number of hydrogen-bond donors (Lipinski definition) is 1. The van der Waals surface area contributed by atoms with Gasteiger partial charge in [-0.15, -0.1) is 11.3 Å². The average molecular weight is 248 g/mol. The Bertz CT molecular complexity index is 637. The number of aromatic amines is 1. The second-order valence-electron chi connectivity index (χ2n) is 3.80. The summed E-state index contributed by atoms with van der Waals surface area (Å²) in [6, 6.07) is 10.4. The van der Waals surface area contributed by atoms with Crippen molar-refractivity contribution in [2.45, 2.75) is 6.92 Å². The van der Waals surface area contributed by atoms with E-state index in [1.165, 1.54) is 10.3 Å². The van der Waals surface area contributed by atoms with Crippen molar-refractivity contribution < 1.29 is 0 Å². The average Bonchev–Trinajstić information content (AvgIpc) is 2.91. The van der Waals surface area contributed by atoms with E-state index in [2.05, 4.69) is 34.6 Å². The third kappa shape index (κ3) is 1.46. The molecular formula is C13H10ClNS. The first-order chi connectivity index (χ1) is 7.75. The number of rotatable bonds is 1. The molecule has 0 radical (unpaired) electrons. The number of H-pyrrole nitrogens is 1. The highest BCUT2D eigenvalue weighted by molar-refractivity contribution is 7.13. The zero-order valence-electron chi connectivity index (χ0n) is 8.75. The van der Waals surface area contributed by atoms with Crippen LogP contribution in [0, 0.1) is 6.92 Å². The van der Waals surface area contributed by atoms with Crippen LogP contribution in [0.1, 0.15) is 5.56 Å². The quantitative estimate of drug-likeness (QED) is 0.632.